The van der Waals surface area contributed by atoms with Crippen LogP contribution in [-0.4, -0.2) is 29.5 Å². The second-order valence-corrected chi connectivity index (χ2v) is 11.3. The molecule has 4 aliphatic rings. The molecule has 1 heterocycles. The van der Waals surface area contributed by atoms with Gasteiger partial charge in [0.1, 0.15) is 0 Å². The first-order valence-electron chi connectivity index (χ1n) is 11.8. The van der Waals surface area contributed by atoms with E-state index in [-0.39, 0.29) is 29.9 Å². The summed E-state index contributed by atoms with van der Waals surface area (Å²) in [5.41, 5.74) is 1.28. The van der Waals surface area contributed by atoms with Gasteiger partial charge in [0.15, 0.2) is 6.61 Å². The normalized spacial score (nSPS) is 29.8. The Morgan fingerprint density at radius 1 is 1.16 bits per heavy atom. The first-order valence-corrected chi connectivity index (χ1v) is 12.6. The Morgan fingerprint density at radius 2 is 1.84 bits per heavy atom. The molecule has 31 heavy (non-hydrogen) atoms. The van der Waals surface area contributed by atoms with Crippen molar-refractivity contribution in [2.45, 2.75) is 70.8 Å². The van der Waals surface area contributed by atoms with Gasteiger partial charge in [-0.3, -0.25) is 9.59 Å². The molecule has 0 spiro atoms. The summed E-state index contributed by atoms with van der Waals surface area (Å²) in [6.45, 7) is 1.99. The number of nitrogens with one attached hydrogen (secondary N) is 1. The number of hydrogen-bond donors (Lipinski definition) is 1. The number of ether oxygens (including phenoxy) is 1. The minimum Gasteiger partial charge on any atom is -0.456 e. The fraction of sp³-hybridized carbons (Fsp3) is 0.640. The predicted octanol–water partition coefficient (Wildman–Crippen LogP) is 4.88. The van der Waals surface area contributed by atoms with Crippen molar-refractivity contribution >= 4 is 33.4 Å². The van der Waals surface area contributed by atoms with Crippen LogP contribution < -0.4 is 5.32 Å². The van der Waals surface area contributed by atoms with Crippen LogP contribution in [-0.2, 0) is 20.7 Å². The number of aromatic nitrogens is 1. The monoisotopic (exact) mass is 440 g/mol. The van der Waals surface area contributed by atoms with Crippen LogP contribution in [0.4, 0.5) is 0 Å². The molecule has 6 rings (SSSR count). The maximum absolute atomic E-state index is 12.4. The average Bonchev–Trinajstić information content (AvgIpc) is 3.14. The summed E-state index contributed by atoms with van der Waals surface area (Å²) < 4.78 is 6.42. The van der Waals surface area contributed by atoms with E-state index in [1.54, 1.807) is 11.3 Å². The van der Waals surface area contributed by atoms with Gasteiger partial charge in [-0.1, -0.05) is 12.1 Å². The summed E-state index contributed by atoms with van der Waals surface area (Å²) in [4.78, 5) is 29.1. The third-order valence-corrected chi connectivity index (χ3v) is 8.95. The van der Waals surface area contributed by atoms with E-state index in [4.69, 9.17) is 4.74 Å². The number of amides is 1. The smallest absolute Gasteiger partial charge is 0.306 e. The first-order chi connectivity index (χ1) is 15.0. The number of nitrogens with zero attached hydrogens (tertiary/aromatic N) is 1. The molecule has 1 aromatic carbocycles. The summed E-state index contributed by atoms with van der Waals surface area (Å²) in [6.07, 6.45) is 9.71. The number of esters is 1. The predicted molar refractivity (Wildman–Crippen MR) is 122 cm³/mol. The number of carbonyl (C=O) groups excluding carboxylic acids is 2. The maximum Gasteiger partial charge on any atom is 0.306 e. The number of thiazole rings is 1. The molecule has 1 atom stereocenters. The molecule has 0 unspecified atom stereocenters. The third-order valence-electron chi connectivity index (χ3n) is 7.86. The second kappa shape index (κ2) is 8.53. The highest BCUT2D eigenvalue weighted by Crippen LogP contribution is 2.61. The first kappa shape index (κ1) is 20.9. The van der Waals surface area contributed by atoms with Crippen LogP contribution in [0.1, 0.15) is 63.3 Å². The molecule has 0 saturated heterocycles. The summed E-state index contributed by atoms with van der Waals surface area (Å²) in [7, 11) is 0. The van der Waals surface area contributed by atoms with E-state index in [9.17, 15) is 9.59 Å². The molecule has 4 aliphatic carbocycles. The molecule has 4 bridgehead atoms. The lowest BCUT2D eigenvalue weighted by Crippen LogP contribution is -2.56. The van der Waals surface area contributed by atoms with Crippen LogP contribution in [0.3, 0.4) is 0 Å². The van der Waals surface area contributed by atoms with Crippen LogP contribution in [0.25, 0.3) is 10.2 Å². The highest BCUT2D eigenvalue weighted by atomic mass is 32.1. The molecule has 1 aromatic heterocycles. The molecule has 5 nitrogen and oxygen atoms in total. The van der Waals surface area contributed by atoms with E-state index < -0.39 is 0 Å². The number of aryl methyl sites for hydroxylation is 1. The number of rotatable bonds is 8. The standard InChI is InChI=1S/C25H32N2O3S/c1-16(25-12-17-9-18(13-25)11-19(10-17)14-25)26-22(28)15-30-24(29)8-4-7-23-27-20-5-2-3-6-21(20)31-23/h2-3,5-6,16-19H,4,7-15H2,1H3,(H,26,28)/t16-,17?,18?,19?,25?/m1/s1. The van der Waals surface area contributed by atoms with Crippen LogP contribution in [0.2, 0.25) is 0 Å². The number of fused-ring (bicyclic) bond motifs is 1. The van der Waals surface area contributed by atoms with Crippen LogP contribution >= 0.6 is 11.3 Å². The largest absolute Gasteiger partial charge is 0.456 e. The van der Waals surface area contributed by atoms with E-state index in [1.165, 1.54) is 43.2 Å². The quantitative estimate of drug-likeness (QED) is 0.594. The Bertz CT molecular complexity index is 900. The highest BCUT2D eigenvalue weighted by molar-refractivity contribution is 7.18. The topological polar surface area (TPSA) is 68.3 Å². The number of carbonyl (C=O) groups is 2. The Hall–Kier alpha value is -1.95. The lowest BCUT2D eigenvalue weighted by molar-refractivity contribution is -0.149. The number of benzene rings is 1. The van der Waals surface area contributed by atoms with Gasteiger partial charge in [0.05, 0.1) is 15.2 Å². The Morgan fingerprint density at radius 3 is 2.52 bits per heavy atom. The second-order valence-electron chi connectivity index (χ2n) is 10.2. The molecule has 4 fully saturated rings. The molecule has 2 aromatic rings. The Balaban J connectivity index is 1.04. The minimum absolute atomic E-state index is 0.158. The van der Waals surface area contributed by atoms with Crippen molar-refractivity contribution < 1.29 is 14.3 Å². The fourth-order valence-electron chi connectivity index (χ4n) is 6.77. The van der Waals surface area contributed by atoms with Crippen LogP contribution in [0.5, 0.6) is 0 Å². The molecule has 0 aliphatic heterocycles. The van der Waals surface area contributed by atoms with E-state index in [0.29, 0.717) is 12.8 Å². The van der Waals surface area contributed by atoms with Crippen molar-refractivity contribution in [2.24, 2.45) is 23.2 Å². The van der Waals surface area contributed by atoms with Gasteiger partial charge in [-0.05, 0) is 93.6 Å². The van der Waals surface area contributed by atoms with E-state index in [2.05, 4.69) is 23.3 Å². The zero-order valence-corrected chi connectivity index (χ0v) is 19.1. The highest BCUT2D eigenvalue weighted by Gasteiger charge is 2.53. The van der Waals surface area contributed by atoms with Gasteiger partial charge in [0.25, 0.3) is 5.91 Å². The molecule has 6 heteroatoms. The summed E-state index contributed by atoms with van der Waals surface area (Å²) >= 11 is 1.67. The van der Waals surface area contributed by atoms with Crippen molar-refractivity contribution in [1.82, 2.24) is 10.3 Å². The molecular weight excluding hydrogens is 408 g/mol. The van der Waals surface area contributed by atoms with E-state index in [1.807, 2.05) is 18.2 Å². The molecule has 1 N–H and O–H groups in total. The van der Waals surface area contributed by atoms with Gasteiger partial charge in [-0.15, -0.1) is 11.3 Å². The molecular formula is C25H32N2O3S. The summed E-state index contributed by atoms with van der Waals surface area (Å²) in [5, 5.41) is 4.20. The Kier molecular flexibility index (Phi) is 5.76. The van der Waals surface area contributed by atoms with Crippen molar-refractivity contribution in [3.63, 3.8) is 0 Å². The molecule has 1 amide bonds. The lowest BCUT2D eigenvalue weighted by atomic mass is 9.48. The maximum atomic E-state index is 12.4. The van der Waals surface area contributed by atoms with E-state index in [0.717, 1.165) is 34.7 Å². The minimum atomic E-state index is -0.307. The summed E-state index contributed by atoms with van der Waals surface area (Å²) in [6, 6.07) is 8.22. The fourth-order valence-corrected chi connectivity index (χ4v) is 7.78. The zero-order chi connectivity index (χ0) is 21.4. The van der Waals surface area contributed by atoms with Crippen LogP contribution in [0.15, 0.2) is 24.3 Å². The van der Waals surface area contributed by atoms with Gasteiger partial charge in [-0.25, -0.2) is 4.98 Å². The van der Waals surface area contributed by atoms with E-state index >= 15 is 0 Å². The number of para-hydroxylation sites is 1. The third kappa shape index (κ3) is 4.50. The van der Waals surface area contributed by atoms with Gasteiger partial charge >= 0.3 is 5.97 Å². The van der Waals surface area contributed by atoms with Gasteiger partial charge < -0.3 is 10.1 Å². The zero-order valence-electron chi connectivity index (χ0n) is 18.3. The SMILES string of the molecule is C[C@@H](NC(=O)COC(=O)CCCc1nc2ccccc2s1)C12CC3CC(CC(C3)C1)C2. The van der Waals surface area contributed by atoms with Gasteiger partial charge in [0, 0.05) is 12.5 Å². The molecule has 0 radical (unpaired) electrons. The molecule has 166 valence electrons. The van der Waals surface area contributed by atoms with Crippen molar-refractivity contribution in [2.75, 3.05) is 6.61 Å². The van der Waals surface area contributed by atoms with Crippen LogP contribution in [0, 0.1) is 23.2 Å². The Labute approximate surface area is 188 Å². The van der Waals surface area contributed by atoms with Crippen molar-refractivity contribution in [3.05, 3.63) is 29.3 Å². The number of hydrogen-bond acceptors (Lipinski definition) is 5. The molecule has 4 saturated carbocycles. The van der Waals surface area contributed by atoms with Gasteiger partial charge in [0.2, 0.25) is 0 Å². The lowest BCUT2D eigenvalue weighted by Gasteiger charge is -2.59. The van der Waals surface area contributed by atoms with Crippen molar-refractivity contribution in [1.29, 1.82) is 0 Å². The average molecular weight is 441 g/mol. The summed E-state index contributed by atoms with van der Waals surface area (Å²) in [5.74, 6) is 2.11. The van der Waals surface area contributed by atoms with Crippen molar-refractivity contribution in [3.8, 4) is 0 Å². The van der Waals surface area contributed by atoms with Gasteiger partial charge in [-0.2, -0.15) is 0 Å².